The molecule has 3 unspecified atom stereocenters. The van der Waals surface area contributed by atoms with Gasteiger partial charge < -0.3 is 20.3 Å². The van der Waals surface area contributed by atoms with Crippen molar-refractivity contribution in [2.24, 2.45) is 28.6 Å². The van der Waals surface area contributed by atoms with Crippen molar-refractivity contribution in [3.63, 3.8) is 0 Å². The Morgan fingerprint density at radius 2 is 2.06 bits per heavy atom. The quantitative estimate of drug-likeness (QED) is 0.338. The van der Waals surface area contributed by atoms with Gasteiger partial charge in [0.2, 0.25) is 0 Å². The fraction of sp³-hybridized carbons (Fsp3) is 0.500. The van der Waals surface area contributed by atoms with E-state index in [1.54, 1.807) is 0 Å². The van der Waals surface area contributed by atoms with Gasteiger partial charge in [0.1, 0.15) is 18.0 Å². The molecule has 3 fully saturated rings. The molecule has 1 amide bonds. The van der Waals surface area contributed by atoms with Crippen LogP contribution in [-0.4, -0.2) is 68.1 Å². The second kappa shape index (κ2) is 8.03. The van der Waals surface area contributed by atoms with E-state index in [2.05, 4.69) is 22.5 Å². The van der Waals surface area contributed by atoms with Crippen LogP contribution in [-0.2, 0) is 18.7 Å². The van der Waals surface area contributed by atoms with Crippen LogP contribution in [0.25, 0.3) is 0 Å². The molecule has 1 aromatic carbocycles. The first-order valence-electron chi connectivity index (χ1n) is 9.87. The Labute approximate surface area is 186 Å². The first-order valence-corrected chi connectivity index (χ1v) is 12.7. The van der Waals surface area contributed by atoms with Crippen LogP contribution in [0.1, 0.15) is 5.56 Å². The van der Waals surface area contributed by atoms with Crippen molar-refractivity contribution < 1.29 is 35.8 Å². The molecule has 0 radical (unpaired) electrons. The number of phenols is 1. The van der Waals surface area contributed by atoms with Gasteiger partial charge in [-0.25, -0.2) is 9.53 Å². The van der Waals surface area contributed by atoms with Gasteiger partial charge in [-0.1, -0.05) is 11.8 Å². The number of nitrogens with two attached hydrogens (primary N) is 2. The number of benzene rings is 1. The number of nitrogens with one attached hydrogen (secondary N) is 1. The minimum absolute atomic E-state index is 0.0921. The van der Waals surface area contributed by atoms with Crippen molar-refractivity contribution in [1.82, 2.24) is 4.31 Å². The zero-order valence-electron chi connectivity index (χ0n) is 17.2. The maximum atomic E-state index is 15.4. The maximum absolute atomic E-state index is 15.4. The Morgan fingerprint density at radius 1 is 1.41 bits per heavy atom. The summed E-state index contributed by atoms with van der Waals surface area (Å²) in [4.78, 5) is 13.9. The highest BCUT2D eigenvalue weighted by molar-refractivity contribution is 8.28. The fourth-order valence-corrected chi connectivity index (χ4v) is 7.58. The number of aromatic hydroxyl groups is 1. The van der Waals surface area contributed by atoms with Crippen molar-refractivity contribution in [2.75, 3.05) is 44.1 Å². The summed E-state index contributed by atoms with van der Waals surface area (Å²) in [5.41, 5.74) is 4.67. The SMILES string of the molecule is C[NH+]1CC2C(C#Cc3ccc(O)c(N4CC(=O)N(CCN)S4([O-])OS(N)(=O)=O)c3F)C2C1. The summed E-state index contributed by atoms with van der Waals surface area (Å²) in [5.74, 6) is 4.38. The van der Waals surface area contributed by atoms with Gasteiger partial charge in [0, 0.05) is 24.3 Å². The highest BCUT2D eigenvalue weighted by atomic mass is 32.3. The number of likely N-dealkylation sites (tertiary alicyclic amines) is 1. The number of halogens is 1. The highest BCUT2D eigenvalue weighted by Gasteiger charge is 2.57. The number of hydrogen-bond donors (Lipinski definition) is 4. The molecule has 0 bridgehead atoms. The molecule has 0 spiro atoms. The predicted molar refractivity (Wildman–Crippen MR) is 113 cm³/mol. The van der Waals surface area contributed by atoms with Crippen LogP contribution < -0.4 is 20.1 Å². The van der Waals surface area contributed by atoms with Gasteiger partial charge in [0.25, 0.3) is 5.91 Å². The summed E-state index contributed by atoms with van der Waals surface area (Å²) in [6.45, 7) is 0.773. The number of anilines is 1. The predicted octanol–water partition coefficient (Wildman–Crippen LogP) is -2.22. The van der Waals surface area contributed by atoms with Crippen LogP contribution in [0.4, 0.5) is 10.1 Å². The molecule has 1 saturated carbocycles. The van der Waals surface area contributed by atoms with E-state index < -0.39 is 51.0 Å². The third kappa shape index (κ3) is 4.01. The largest absolute Gasteiger partial charge is 0.731 e. The number of nitrogens with zero attached hydrogens (tertiary/aromatic N) is 2. The second-order valence-electron chi connectivity index (χ2n) is 8.11. The zero-order valence-corrected chi connectivity index (χ0v) is 18.8. The molecule has 2 aliphatic heterocycles. The minimum Gasteiger partial charge on any atom is -0.731 e. The summed E-state index contributed by atoms with van der Waals surface area (Å²) in [6.07, 6.45) is 0. The summed E-state index contributed by atoms with van der Waals surface area (Å²) in [7, 11) is -7.11. The van der Waals surface area contributed by atoms with Gasteiger partial charge in [-0.05, 0) is 12.1 Å². The average Bonchev–Trinajstić information content (AvgIpc) is 3.03. The highest BCUT2D eigenvalue weighted by Crippen LogP contribution is 2.60. The number of amides is 1. The van der Waals surface area contributed by atoms with Crippen LogP contribution in [0.15, 0.2) is 12.1 Å². The normalized spacial score (nSPS) is 33.5. The molecule has 176 valence electrons. The average molecular weight is 490 g/mol. The number of carbonyl (C=O) groups is 1. The number of phenolic OH excluding ortho intramolecular Hbond substituents is 1. The Morgan fingerprint density at radius 3 is 2.66 bits per heavy atom. The molecule has 2 heterocycles. The van der Waals surface area contributed by atoms with Crippen molar-refractivity contribution in [3.05, 3.63) is 23.5 Å². The molecule has 6 N–H and O–H groups in total. The minimum atomic E-state index is -4.83. The fourth-order valence-electron chi connectivity index (χ4n) is 4.43. The Kier molecular flexibility index (Phi) is 5.78. The van der Waals surface area contributed by atoms with Crippen molar-refractivity contribution in [3.8, 4) is 17.6 Å². The van der Waals surface area contributed by atoms with Crippen molar-refractivity contribution >= 4 is 32.9 Å². The Balaban J connectivity index is 1.70. The molecule has 11 nitrogen and oxygen atoms in total. The van der Waals surface area contributed by atoms with E-state index in [1.807, 2.05) is 0 Å². The third-order valence-electron chi connectivity index (χ3n) is 5.85. The lowest BCUT2D eigenvalue weighted by Gasteiger charge is -2.55. The van der Waals surface area contributed by atoms with E-state index in [0.717, 1.165) is 19.2 Å². The first-order chi connectivity index (χ1) is 15.0. The van der Waals surface area contributed by atoms with Crippen molar-refractivity contribution in [2.45, 2.75) is 0 Å². The molecule has 3 atom stereocenters. The molecule has 1 aromatic rings. The van der Waals surface area contributed by atoms with Gasteiger partial charge >= 0.3 is 10.3 Å². The summed E-state index contributed by atoms with van der Waals surface area (Å²) in [6, 6.07) is 2.38. The van der Waals surface area contributed by atoms with Crippen LogP contribution in [0.3, 0.4) is 0 Å². The number of hydrogen-bond acceptors (Lipinski definition) is 8. The molecule has 1 aliphatic carbocycles. The lowest BCUT2D eigenvalue weighted by atomic mass is 10.1. The lowest BCUT2D eigenvalue weighted by Crippen LogP contribution is -3.07. The number of carbonyl (C=O) groups excluding carboxylic acids is 1. The standard InChI is InChI=1S/C18H24FN5O6S2/c1-22-8-13-12(14(13)9-22)4-2-11-3-5-15(25)18(17(11)19)24-10-16(26)23(7-6-20)32(24,29)30-31(21,27)28/h3,5,12-14,25,29H,6-10,20H2,1H3,(H2,21,27,28). The van der Waals surface area contributed by atoms with Crippen molar-refractivity contribution in [1.29, 1.82) is 0 Å². The monoisotopic (exact) mass is 489 g/mol. The van der Waals surface area contributed by atoms with Crippen LogP contribution in [0, 0.1) is 35.4 Å². The van der Waals surface area contributed by atoms with Crippen LogP contribution >= 0.6 is 11.0 Å². The van der Waals surface area contributed by atoms with E-state index in [-0.39, 0.29) is 24.6 Å². The number of quaternary nitrogens is 1. The van der Waals surface area contributed by atoms with Gasteiger partial charge in [0.15, 0.2) is 5.82 Å². The first kappa shape index (κ1) is 23.1. The van der Waals surface area contributed by atoms with E-state index >= 15 is 4.39 Å². The summed E-state index contributed by atoms with van der Waals surface area (Å²) >= 11 is 0. The number of rotatable bonds is 5. The van der Waals surface area contributed by atoms with Gasteiger partial charge in [0.05, 0.1) is 32.2 Å². The van der Waals surface area contributed by atoms with Gasteiger partial charge in [-0.3, -0.25) is 13.4 Å². The van der Waals surface area contributed by atoms with E-state index in [1.165, 1.54) is 11.0 Å². The third-order valence-corrected chi connectivity index (χ3v) is 9.13. The molecule has 14 heteroatoms. The van der Waals surface area contributed by atoms with Crippen LogP contribution in [0.5, 0.6) is 5.75 Å². The molecular formula is C18H24FN5O6S2. The second-order valence-corrected chi connectivity index (χ2v) is 11.4. The van der Waals surface area contributed by atoms with Gasteiger partial charge in [-0.2, -0.15) is 19.4 Å². The molecule has 2 saturated heterocycles. The molecule has 4 rings (SSSR count). The number of fused-ring (bicyclic) bond motifs is 1. The smallest absolute Gasteiger partial charge is 0.352 e. The lowest BCUT2D eigenvalue weighted by molar-refractivity contribution is -0.872. The molecule has 32 heavy (non-hydrogen) atoms. The Hall–Kier alpha value is -2.12. The molecule has 0 aromatic heterocycles. The van der Waals surface area contributed by atoms with E-state index in [4.69, 9.17) is 10.9 Å². The molecule has 3 aliphatic rings. The summed E-state index contributed by atoms with van der Waals surface area (Å²) < 4.78 is 57.7. The number of piperidine rings is 1. The zero-order chi connectivity index (χ0) is 23.4. The van der Waals surface area contributed by atoms with E-state index in [9.17, 15) is 22.9 Å². The summed E-state index contributed by atoms with van der Waals surface area (Å²) in [5, 5.41) is 15.2. The van der Waals surface area contributed by atoms with Gasteiger partial charge in [-0.15, -0.1) is 3.63 Å². The van der Waals surface area contributed by atoms with E-state index in [0.29, 0.717) is 20.4 Å². The maximum Gasteiger partial charge on any atom is 0.352 e. The topological polar surface area (TPSA) is 167 Å². The van der Waals surface area contributed by atoms with Crippen LogP contribution in [0.2, 0.25) is 0 Å². The molecular weight excluding hydrogens is 465 g/mol. The Bertz CT molecular complexity index is 1110.